The van der Waals surface area contributed by atoms with Crippen LogP contribution in [0.4, 0.5) is 0 Å². The van der Waals surface area contributed by atoms with Crippen molar-refractivity contribution in [1.29, 1.82) is 0 Å². The zero-order valence-corrected chi connectivity index (χ0v) is 78.3. The van der Waals surface area contributed by atoms with Gasteiger partial charge >= 0.3 is 53.9 Å². The molecule has 0 amide bonds. The van der Waals surface area contributed by atoms with E-state index in [-0.39, 0.29) is 101 Å². The van der Waals surface area contributed by atoms with Crippen LogP contribution >= 0.6 is 15.9 Å². The number of hydrogen-bond donors (Lipinski definition) is 3. The van der Waals surface area contributed by atoms with E-state index in [4.69, 9.17) is 46.1 Å². The molecule has 1 aliphatic heterocycles. The molecule has 6 heterocycles. The molecule has 0 radical (unpaired) electrons. The quantitative estimate of drug-likeness (QED) is 0.0311. The Balaban J connectivity index is 0.000000236. The summed E-state index contributed by atoms with van der Waals surface area (Å²) in [5, 5.41) is 29.0. The van der Waals surface area contributed by atoms with Crippen LogP contribution in [0.2, 0.25) is 0 Å². The Bertz CT molecular complexity index is 5870. The van der Waals surface area contributed by atoms with Crippen LogP contribution in [0, 0.1) is 24.2 Å². The van der Waals surface area contributed by atoms with E-state index in [1.807, 2.05) is 266 Å². The van der Waals surface area contributed by atoms with Crippen molar-refractivity contribution in [3.63, 3.8) is 0 Å². The second kappa shape index (κ2) is 55.7. The largest absolute Gasteiger partial charge is 2.00 e. The molecule has 26 heteroatoms. The Morgan fingerprint density at radius 1 is 0.431 bits per heavy atom. The number of aliphatic hydroxyl groups excluding tert-OH is 2. The molecule has 4 N–H and O–H groups in total. The maximum Gasteiger partial charge on any atom is 2.00 e. The number of aromatic hydroxyl groups is 1. The third kappa shape index (κ3) is 32.2. The summed E-state index contributed by atoms with van der Waals surface area (Å²) in [5.74, 6) is 3.19. The van der Waals surface area contributed by atoms with E-state index in [1.54, 1.807) is 62.4 Å². The van der Waals surface area contributed by atoms with E-state index in [1.165, 1.54) is 43.5 Å². The number of benzene rings is 12. The number of para-hydroxylation sites is 10. The van der Waals surface area contributed by atoms with Crippen molar-refractivity contribution in [2.45, 2.75) is 100 Å². The second-order valence-electron chi connectivity index (χ2n) is 29.6. The maximum atomic E-state index is 11.8. The van der Waals surface area contributed by atoms with Gasteiger partial charge in [-0.2, -0.15) is 13.8 Å². The van der Waals surface area contributed by atoms with Gasteiger partial charge in [0, 0.05) is 51.1 Å². The van der Waals surface area contributed by atoms with Crippen molar-refractivity contribution in [2.24, 2.45) is 17.8 Å². The molecule has 17 aromatic rings. The third-order valence-corrected chi connectivity index (χ3v) is 19.4. The first-order chi connectivity index (χ1) is 61.1. The van der Waals surface area contributed by atoms with E-state index in [9.17, 15) is 29.4 Å². The van der Waals surface area contributed by atoms with Crippen molar-refractivity contribution >= 4 is 119 Å². The number of aldehydes is 2. The van der Waals surface area contributed by atoms with Crippen LogP contribution < -0.4 is 36.0 Å². The number of aliphatic hydroxyl groups is 2. The predicted octanol–water partition coefficient (Wildman–Crippen LogP) is 19.3. The number of halogens is 2. The zero-order chi connectivity index (χ0) is 89.7. The topological polar surface area (TPSA) is 326 Å². The first-order valence-electron chi connectivity index (χ1n) is 41.5. The van der Waals surface area contributed by atoms with E-state index >= 15 is 0 Å². The monoisotopic (exact) mass is 1840 g/mol. The van der Waals surface area contributed by atoms with Gasteiger partial charge in [-0.3, -0.25) is 9.59 Å². The van der Waals surface area contributed by atoms with Gasteiger partial charge in [-0.1, -0.05) is 179 Å². The van der Waals surface area contributed by atoms with Crippen LogP contribution in [0.5, 0.6) is 11.5 Å². The van der Waals surface area contributed by atoms with E-state index in [0.29, 0.717) is 64.8 Å². The number of oxazole rings is 5. The Morgan fingerprint density at radius 2 is 0.738 bits per heavy atom. The predicted molar refractivity (Wildman–Crippen MR) is 504 cm³/mol. The van der Waals surface area contributed by atoms with Crippen LogP contribution in [0.15, 0.2) is 324 Å². The Hall–Kier alpha value is -12.2. The summed E-state index contributed by atoms with van der Waals surface area (Å²) < 4.78 is 49.9. The molecule has 3 unspecified atom stereocenters. The van der Waals surface area contributed by atoms with Gasteiger partial charge in [0.15, 0.2) is 34.3 Å². The van der Waals surface area contributed by atoms with Crippen LogP contribution in [0.25, 0.3) is 101 Å². The Labute approximate surface area is 799 Å². The number of phenols is 1. The number of nitrogens with zero attached hydrogens (tertiary/aromatic N) is 5. The minimum atomic E-state index is -0.437. The van der Waals surface area contributed by atoms with Gasteiger partial charge in [0.05, 0.1) is 36.5 Å². The summed E-state index contributed by atoms with van der Waals surface area (Å²) >= 11 is 3.26. The minimum absolute atomic E-state index is 0. The number of esters is 2. The first-order valence-corrected chi connectivity index (χ1v) is 42.3. The number of carbonyl (C=O) groups excluding carboxylic acids is 4. The second-order valence-corrected chi connectivity index (χ2v) is 30.5. The van der Waals surface area contributed by atoms with Gasteiger partial charge < -0.3 is 80.7 Å². The third-order valence-electron chi connectivity index (χ3n) is 18.9. The maximum absolute atomic E-state index is 11.8. The van der Waals surface area contributed by atoms with E-state index < -0.39 is 12.2 Å². The van der Waals surface area contributed by atoms with Crippen LogP contribution in [-0.4, -0.2) is 120 Å². The molecule has 0 saturated carbocycles. The molecule has 0 bridgehead atoms. The van der Waals surface area contributed by atoms with Crippen molar-refractivity contribution in [3.05, 3.63) is 347 Å². The number of carbonyl (C=O) groups is 4. The fourth-order valence-electron chi connectivity index (χ4n) is 12.2. The fraction of sp³-hybridized carbons (Fsp3) is 0.212. The van der Waals surface area contributed by atoms with Gasteiger partial charge in [-0.05, 0) is 231 Å². The molecule has 1 aliphatic rings. The number of phenolic OH excluding ortho intramolecular Hbond substituents is 1. The molecule has 130 heavy (non-hydrogen) atoms. The van der Waals surface area contributed by atoms with E-state index in [2.05, 4.69) is 54.7 Å². The molecule has 0 spiro atoms. The molecular weight excluding hydrogens is 1740 g/mol. The summed E-state index contributed by atoms with van der Waals surface area (Å²) in [7, 11) is 0. The summed E-state index contributed by atoms with van der Waals surface area (Å²) in [4.78, 5) is 65.4. The first kappa shape index (κ1) is 107. The summed E-state index contributed by atoms with van der Waals surface area (Å²) in [6.07, 6.45) is 6.64. The van der Waals surface area contributed by atoms with Crippen LogP contribution in [0.3, 0.4) is 0 Å². The average molecular weight is 1840 g/mol. The van der Waals surface area contributed by atoms with Crippen LogP contribution in [-0.2, 0) is 14.2 Å². The Morgan fingerprint density at radius 3 is 1.04 bits per heavy atom. The number of hydrogen-bond acceptors (Lipinski definition) is 22. The molecule has 5 aromatic heterocycles. The summed E-state index contributed by atoms with van der Waals surface area (Å²) in [6.45, 7) is 22.5. The average Bonchev–Trinajstić information content (AvgIpc) is 1.71. The Kier molecular flexibility index (Phi) is 45.6. The normalized spacial score (nSPS) is 11.5. The molecule has 22 nitrogen and oxygen atoms in total. The van der Waals surface area contributed by atoms with Crippen molar-refractivity contribution in [3.8, 4) is 57.3 Å². The number of aromatic nitrogens is 5. The van der Waals surface area contributed by atoms with Crippen molar-refractivity contribution in [1.82, 2.24) is 24.9 Å². The van der Waals surface area contributed by atoms with Gasteiger partial charge in [0.2, 0.25) is 23.6 Å². The SMILES string of the molecule is C1CCOC1.CC(C)C(O)c1ccc(-c2nc3ccccc3o2)cc1.CC(C)C(O)c1ccc(-c2nc3ccccc3o2)cc1.CCOC(=O)c1ccc(O)cc1.CCOC(=O)c1ccc(OC(c2ccc(-c3nc4ccccc4o3)cc2)C(C)C)cc1.C[CH-]C.O=Cc1ccc(-c2nc3ccccc3o2)cc1.O=Cc1ccc(Br)cc1.[Cl-].[Li+].[Mg+2].[OH-].c1ccc2ocnc2c1. The smallest absolute Gasteiger partial charge is 1.00 e. The molecule has 0 aliphatic carbocycles. The molecule has 664 valence electrons. The molecule has 18 rings (SSSR count). The van der Waals surface area contributed by atoms with Gasteiger partial charge in [0.25, 0.3) is 0 Å². The summed E-state index contributed by atoms with van der Waals surface area (Å²) in [6, 6.07) is 89.3. The summed E-state index contributed by atoms with van der Waals surface area (Å²) in [5.41, 5.74) is 17.1. The van der Waals surface area contributed by atoms with Gasteiger partial charge in [-0.25, -0.2) is 34.5 Å². The van der Waals surface area contributed by atoms with Crippen LogP contribution in [0.1, 0.15) is 159 Å². The number of ether oxygens (including phenoxy) is 4. The molecule has 3 atom stereocenters. The zero-order valence-electron chi connectivity index (χ0n) is 74.5. The molecule has 1 fully saturated rings. The fourth-order valence-corrected chi connectivity index (χ4v) is 12.5. The minimum Gasteiger partial charge on any atom is -1.00 e. The van der Waals surface area contributed by atoms with Gasteiger partial charge in [-0.15, -0.1) is 0 Å². The molecule has 12 aromatic carbocycles. The van der Waals surface area contributed by atoms with Crippen molar-refractivity contribution in [2.75, 3.05) is 26.4 Å². The molecule has 1 saturated heterocycles. The van der Waals surface area contributed by atoms with E-state index in [0.717, 1.165) is 125 Å². The van der Waals surface area contributed by atoms with Crippen molar-refractivity contribution < 1.29 is 112 Å². The number of rotatable bonds is 18. The molecular formula is C104H104BrClLiMgN5O17. The number of fused-ring (bicyclic) bond motifs is 5. The standard InChI is InChI=1S/C26H25NO4.2C17H17NO2.C14H9NO2.C9H10O3.C7H5BrO.C7H5NO.C4H8O.C3H7.ClH.Li.Mg.H2O/c1-4-29-26(28)20-13-15-21(16-14-20)30-24(17(2)3)18-9-11-19(12-10-18)25-27-22-7-5-6-8-23(22)31-25;2*1-11(2)16(19)12-7-9-13(10-8-12)17-18-14-5-3-4-6-15(14)20-17;16-9-10-5-7-11(8-6-10)14-15-12-3-1-2-4-13(12)17-14;1-2-12-9(11)7-3-5-8(10)6-4-7;8-7-3-1-6(5-9)2-4-7;1-2-4-7-6(3-1)8-5-9-7;1-2-4-5-3-1;1-3-2;;;;/h5-17,24H,4H2,1-3H3;2*3-11,16,19H,1-2H3;1-9H;3-6,10H,2H2,1H3;2*1-5H;1-4H2;3H,1-2H3;1H;;;1H2/q;;;;;;;;-1;;+1;+2;/p-2. The van der Waals surface area contributed by atoms with Gasteiger partial charge in [0.1, 0.15) is 57.8 Å².